The molecule has 88 valence electrons. The van der Waals surface area contributed by atoms with E-state index in [9.17, 15) is 4.79 Å². The highest BCUT2D eigenvalue weighted by Gasteiger charge is 2.21. The fraction of sp³-hybridized carbons (Fsp3) is 0.909. The molecule has 0 aliphatic carbocycles. The van der Waals surface area contributed by atoms with Crippen LogP contribution in [0.2, 0.25) is 0 Å². The summed E-state index contributed by atoms with van der Waals surface area (Å²) in [4.78, 5) is 11.5. The number of rotatable bonds is 5. The monoisotopic (exact) mass is 214 g/mol. The van der Waals surface area contributed by atoms with Crippen LogP contribution in [-0.4, -0.2) is 31.7 Å². The van der Waals surface area contributed by atoms with E-state index in [4.69, 9.17) is 10.5 Å². The third-order valence-corrected chi connectivity index (χ3v) is 2.75. The van der Waals surface area contributed by atoms with Crippen molar-refractivity contribution in [2.45, 2.75) is 39.2 Å². The molecule has 0 radical (unpaired) electrons. The molecular weight excluding hydrogens is 192 g/mol. The van der Waals surface area contributed by atoms with Gasteiger partial charge in [0.15, 0.2) is 0 Å². The second kappa shape index (κ2) is 5.47. The third-order valence-electron chi connectivity index (χ3n) is 2.75. The molecule has 1 fully saturated rings. The summed E-state index contributed by atoms with van der Waals surface area (Å²) in [5, 5.41) is 2.90. The lowest BCUT2D eigenvalue weighted by atomic mass is 9.94. The van der Waals surface area contributed by atoms with E-state index in [1.165, 1.54) is 0 Å². The Morgan fingerprint density at radius 3 is 2.87 bits per heavy atom. The Balaban J connectivity index is 2.18. The van der Waals surface area contributed by atoms with Gasteiger partial charge >= 0.3 is 0 Å². The first-order valence-corrected chi connectivity index (χ1v) is 5.62. The van der Waals surface area contributed by atoms with Gasteiger partial charge in [0.25, 0.3) is 0 Å². The van der Waals surface area contributed by atoms with Crippen LogP contribution in [0.5, 0.6) is 0 Å². The first-order valence-electron chi connectivity index (χ1n) is 5.62. The van der Waals surface area contributed by atoms with Crippen LogP contribution in [0.1, 0.15) is 33.1 Å². The van der Waals surface area contributed by atoms with Gasteiger partial charge in [-0.15, -0.1) is 0 Å². The highest BCUT2D eigenvalue weighted by atomic mass is 16.5. The number of hydrogen-bond donors (Lipinski definition) is 2. The highest BCUT2D eigenvalue weighted by Crippen LogP contribution is 2.15. The Morgan fingerprint density at radius 2 is 2.33 bits per heavy atom. The molecule has 3 N–H and O–H groups in total. The largest absolute Gasteiger partial charge is 0.378 e. The van der Waals surface area contributed by atoms with Crippen LogP contribution in [0, 0.1) is 5.41 Å². The van der Waals surface area contributed by atoms with Crippen molar-refractivity contribution < 1.29 is 9.53 Å². The van der Waals surface area contributed by atoms with Gasteiger partial charge in [0.1, 0.15) is 0 Å². The molecule has 1 rings (SSSR count). The Kier molecular flexibility index (Phi) is 4.54. The van der Waals surface area contributed by atoms with E-state index in [1.807, 2.05) is 13.8 Å². The Bertz CT molecular complexity index is 211. The van der Waals surface area contributed by atoms with E-state index in [0.29, 0.717) is 19.5 Å². The average Bonchev–Trinajstić information content (AvgIpc) is 2.68. The van der Waals surface area contributed by atoms with Crippen LogP contribution in [0.25, 0.3) is 0 Å². The maximum atomic E-state index is 11.5. The van der Waals surface area contributed by atoms with Crippen molar-refractivity contribution in [3.63, 3.8) is 0 Å². The molecular formula is C11H22N2O2. The van der Waals surface area contributed by atoms with Crippen molar-refractivity contribution in [2.24, 2.45) is 11.1 Å². The summed E-state index contributed by atoms with van der Waals surface area (Å²) in [5.41, 5.74) is 5.56. The standard InChI is InChI=1S/C11H22N2O2/c1-11(2,7-12)8-13-10(14)6-9-4-3-5-15-9/h9H,3-8,12H2,1-2H3,(H,13,14). The number of carbonyl (C=O) groups excluding carboxylic acids is 1. The molecule has 0 aromatic heterocycles. The van der Waals surface area contributed by atoms with Crippen LogP contribution < -0.4 is 11.1 Å². The quantitative estimate of drug-likeness (QED) is 0.706. The summed E-state index contributed by atoms with van der Waals surface area (Å²) < 4.78 is 5.40. The molecule has 1 unspecified atom stereocenters. The molecule has 0 bridgehead atoms. The second-order valence-corrected chi connectivity index (χ2v) is 4.98. The summed E-state index contributed by atoms with van der Waals surface area (Å²) in [6, 6.07) is 0. The van der Waals surface area contributed by atoms with Crippen molar-refractivity contribution in [1.29, 1.82) is 0 Å². The predicted molar refractivity (Wildman–Crippen MR) is 59.4 cm³/mol. The Labute approximate surface area is 91.5 Å². The van der Waals surface area contributed by atoms with E-state index in [-0.39, 0.29) is 17.4 Å². The highest BCUT2D eigenvalue weighted by molar-refractivity contribution is 5.76. The molecule has 0 saturated carbocycles. The van der Waals surface area contributed by atoms with E-state index >= 15 is 0 Å². The third kappa shape index (κ3) is 4.62. The van der Waals surface area contributed by atoms with E-state index in [1.54, 1.807) is 0 Å². The molecule has 0 spiro atoms. The molecule has 1 amide bonds. The van der Waals surface area contributed by atoms with Crippen LogP contribution in [0.3, 0.4) is 0 Å². The summed E-state index contributed by atoms with van der Waals surface area (Å²) in [5.74, 6) is 0.0726. The van der Waals surface area contributed by atoms with Gasteiger partial charge < -0.3 is 15.8 Å². The molecule has 15 heavy (non-hydrogen) atoms. The lowest BCUT2D eigenvalue weighted by molar-refractivity contribution is -0.123. The number of nitrogens with one attached hydrogen (secondary N) is 1. The van der Waals surface area contributed by atoms with Crippen LogP contribution in [0.15, 0.2) is 0 Å². The molecule has 1 aliphatic rings. The maximum Gasteiger partial charge on any atom is 0.222 e. The van der Waals surface area contributed by atoms with Crippen LogP contribution in [0.4, 0.5) is 0 Å². The first-order chi connectivity index (χ1) is 7.03. The van der Waals surface area contributed by atoms with E-state index in [2.05, 4.69) is 5.32 Å². The Hall–Kier alpha value is -0.610. The minimum Gasteiger partial charge on any atom is -0.378 e. The summed E-state index contributed by atoms with van der Waals surface area (Å²) in [6.45, 7) is 6.09. The minimum absolute atomic E-state index is 0.0216. The molecule has 1 saturated heterocycles. The second-order valence-electron chi connectivity index (χ2n) is 4.98. The maximum absolute atomic E-state index is 11.5. The van der Waals surface area contributed by atoms with Crippen molar-refractivity contribution in [1.82, 2.24) is 5.32 Å². The lowest BCUT2D eigenvalue weighted by Gasteiger charge is -2.23. The van der Waals surface area contributed by atoms with Gasteiger partial charge in [0.2, 0.25) is 5.91 Å². The molecule has 4 nitrogen and oxygen atoms in total. The minimum atomic E-state index is -0.0216. The number of amides is 1. The number of hydrogen-bond acceptors (Lipinski definition) is 3. The smallest absolute Gasteiger partial charge is 0.222 e. The SMILES string of the molecule is CC(C)(CN)CNC(=O)CC1CCCO1. The van der Waals surface area contributed by atoms with E-state index in [0.717, 1.165) is 19.4 Å². The zero-order chi connectivity index (χ0) is 11.3. The first kappa shape index (κ1) is 12.5. The van der Waals surface area contributed by atoms with Crippen molar-refractivity contribution in [3.8, 4) is 0 Å². The topological polar surface area (TPSA) is 64.3 Å². The van der Waals surface area contributed by atoms with Gasteiger partial charge in [-0.2, -0.15) is 0 Å². The van der Waals surface area contributed by atoms with Crippen LogP contribution in [-0.2, 0) is 9.53 Å². The fourth-order valence-corrected chi connectivity index (χ4v) is 1.49. The normalized spacial score (nSPS) is 21.7. The molecule has 1 aliphatic heterocycles. The molecule has 0 aromatic rings. The number of carbonyl (C=O) groups is 1. The molecule has 1 heterocycles. The molecule has 0 aromatic carbocycles. The average molecular weight is 214 g/mol. The van der Waals surface area contributed by atoms with Crippen molar-refractivity contribution in [3.05, 3.63) is 0 Å². The predicted octanol–water partition coefficient (Wildman–Crippen LogP) is 0.657. The van der Waals surface area contributed by atoms with Gasteiger partial charge in [-0.1, -0.05) is 13.8 Å². The number of ether oxygens (including phenoxy) is 1. The van der Waals surface area contributed by atoms with Crippen LogP contribution >= 0.6 is 0 Å². The summed E-state index contributed by atoms with van der Waals surface area (Å²) in [6.07, 6.45) is 2.70. The van der Waals surface area contributed by atoms with Crippen molar-refractivity contribution >= 4 is 5.91 Å². The van der Waals surface area contributed by atoms with Gasteiger partial charge in [-0.25, -0.2) is 0 Å². The molecule has 4 heteroatoms. The zero-order valence-electron chi connectivity index (χ0n) is 9.71. The number of nitrogens with two attached hydrogens (primary N) is 1. The van der Waals surface area contributed by atoms with Gasteiger partial charge in [-0.3, -0.25) is 4.79 Å². The lowest BCUT2D eigenvalue weighted by Crippen LogP contribution is -2.39. The fourth-order valence-electron chi connectivity index (χ4n) is 1.49. The summed E-state index contributed by atoms with van der Waals surface area (Å²) >= 11 is 0. The van der Waals surface area contributed by atoms with Gasteiger partial charge in [-0.05, 0) is 24.8 Å². The Morgan fingerprint density at radius 1 is 1.60 bits per heavy atom. The summed E-state index contributed by atoms with van der Waals surface area (Å²) in [7, 11) is 0. The van der Waals surface area contributed by atoms with Gasteiger partial charge in [0, 0.05) is 13.2 Å². The van der Waals surface area contributed by atoms with E-state index < -0.39 is 0 Å². The zero-order valence-corrected chi connectivity index (χ0v) is 9.71. The van der Waals surface area contributed by atoms with Crippen molar-refractivity contribution in [2.75, 3.05) is 19.7 Å². The molecule has 1 atom stereocenters. The van der Waals surface area contributed by atoms with Gasteiger partial charge in [0.05, 0.1) is 12.5 Å².